The van der Waals surface area contributed by atoms with Gasteiger partial charge in [-0.15, -0.1) is 0 Å². The lowest BCUT2D eigenvalue weighted by Gasteiger charge is -2.16. The van der Waals surface area contributed by atoms with Gasteiger partial charge >= 0.3 is 18.4 Å². The average Bonchev–Trinajstić information content (AvgIpc) is 3.28. The van der Waals surface area contributed by atoms with E-state index in [1.165, 1.54) is 12.1 Å². The zero-order valence-corrected chi connectivity index (χ0v) is 17.9. The number of rotatable bonds is 6. The molecule has 186 valence electrons. The second kappa shape index (κ2) is 10.5. The number of methoxy groups -OCH3 is 1. The summed E-state index contributed by atoms with van der Waals surface area (Å²) >= 11 is 0. The van der Waals surface area contributed by atoms with Crippen molar-refractivity contribution in [3.05, 3.63) is 29.3 Å². The first-order valence-corrected chi connectivity index (χ1v) is 9.64. The maximum atomic E-state index is 14.8. The number of halogens is 7. The fourth-order valence-corrected chi connectivity index (χ4v) is 2.92. The van der Waals surface area contributed by atoms with Gasteiger partial charge in [0.25, 0.3) is 0 Å². The van der Waals surface area contributed by atoms with Crippen LogP contribution in [-0.2, 0) is 22.4 Å². The molecule has 2 heterocycles. The maximum absolute atomic E-state index is 14.8. The molecule has 1 aromatic carbocycles. The smallest absolute Gasteiger partial charge is 0.388 e. The summed E-state index contributed by atoms with van der Waals surface area (Å²) in [6.07, 6.45) is -11.1. The van der Waals surface area contributed by atoms with Crippen molar-refractivity contribution in [2.75, 3.05) is 27.4 Å². The van der Waals surface area contributed by atoms with Gasteiger partial charge in [-0.1, -0.05) is 6.07 Å². The number of aromatic nitrogens is 2. The van der Waals surface area contributed by atoms with Gasteiger partial charge in [-0.05, 0) is 13.0 Å². The topological polar surface area (TPSA) is 79.5 Å². The van der Waals surface area contributed by atoms with Crippen LogP contribution in [0.15, 0.2) is 12.1 Å². The van der Waals surface area contributed by atoms with Crippen molar-refractivity contribution in [1.82, 2.24) is 20.2 Å². The van der Waals surface area contributed by atoms with Crippen LogP contribution in [0.25, 0.3) is 11.0 Å². The minimum absolute atomic E-state index is 0.0360. The highest BCUT2D eigenvalue weighted by atomic mass is 19.4. The monoisotopic (exact) mass is 488 g/mol. The van der Waals surface area contributed by atoms with Crippen LogP contribution in [0.2, 0.25) is 0 Å². The molecule has 2 atom stereocenters. The third kappa shape index (κ3) is 6.93. The number of amides is 2. The average molecular weight is 488 g/mol. The molecule has 2 amide bonds. The number of benzene rings is 1. The number of hydrogen-bond donors (Lipinski definition) is 2. The molecule has 0 bridgehead atoms. The number of urea groups is 1. The van der Waals surface area contributed by atoms with Gasteiger partial charge in [0.1, 0.15) is 17.4 Å². The summed E-state index contributed by atoms with van der Waals surface area (Å²) in [6, 6.07) is -0.266. The highest BCUT2D eigenvalue weighted by molar-refractivity contribution is 5.79. The Balaban J connectivity index is 0.00000122. The van der Waals surface area contributed by atoms with Crippen LogP contribution in [0.4, 0.5) is 35.5 Å². The number of alkyl halides is 6. The van der Waals surface area contributed by atoms with Gasteiger partial charge in [-0.3, -0.25) is 0 Å². The number of carbonyl (C=O) groups excluding carboxylic acids is 1. The quantitative estimate of drug-likeness (QED) is 0.604. The molecule has 2 unspecified atom stereocenters. The van der Waals surface area contributed by atoms with E-state index in [9.17, 15) is 35.5 Å². The van der Waals surface area contributed by atoms with E-state index in [0.29, 0.717) is 0 Å². The molecule has 33 heavy (non-hydrogen) atoms. The summed E-state index contributed by atoms with van der Waals surface area (Å²) in [6.45, 7) is -0.487. The molecule has 0 radical (unpaired) electrons. The molecule has 3 rings (SSSR count). The predicted octanol–water partition coefficient (Wildman–Crippen LogP) is 3.93. The van der Waals surface area contributed by atoms with Gasteiger partial charge in [0.2, 0.25) is 0 Å². The Kier molecular flexibility index (Phi) is 8.52. The van der Waals surface area contributed by atoms with Crippen LogP contribution in [0.3, 0.4) is 0 Å². The number of ether oxygens (including phenoxy) is 2. The van der Waals surface area contributed by atoms with Crippen LogP contribution in [-0.4, -0.2) is 72.8 Å². The van der Waals surface area contributed by atoms with Crippen LogP contribution in [0, 0.1) is 5.82 Å². The molecule has 1 aliphatic rings. The molecular weight excluding hydrogens is 465 g/mol. The van der Waals surface area contributed by atoms with Crippen molar-refractivity contribution in [1.29, 1.82) is 0 Å². The van der Waals surface area contributed by atoms with E-state index in [0.717, 1.165) is 11.8 Å². The summed E-state index contributed by atoms with van der Waals surface area (Å²) in [4.78, 5) is 19.3. The molecule has 1 aliphatic heterocycles. The molecule has 1 aromatic heterocycles. The minimum Gasteiger partial charge on any atom is -0.388 e. The molecule has 0 spiro atoms. The maximum Gasteiger partial charge on any atom is 0.414 e. The zero-order valence-electron chi connectivity index (χ0n) is 17.9. The van der Waals surface area contributed by atoms with Gasteiger partial charge in [-0.25, -0.2) is 14.2 Å². The van der Waals surface area contributed by atoms with Gasteiger partial charge in [0, 0.05) is 26.2 Å². The summed E-state index contributed by atoms with van der Waals surface area (Å²) in [5, 5.41) is 1.79. The lowest BCUT2D eigenvalue weighted by Crippen LogP contribution is -2.40. The van der Waals surface area contributed by atoms with E-state index in [1.807, 2.05) is 0 Å². The van der Waals surface area contributed by atoms with Crippen molar-refractivity contribution in [2.24, 2.45) is 0 Å². The van der Waals surface area contributed by atoms with E-state index >= 15 is 0 Å². The highest BCUT2D eigenvalue weighted by Crippen LogP contribution is 2.27. The van der Waals surface area contributed by atoms with Crippen LogP contribution in [0.5, 0.6) is 0 Å². The summed E-state index contributed by atoms with van der Waals surface area (Å²) in [5.41, 5.74) is 0.0907. The van der Waals surface area contributed by atoms with Crippen molar-refractivity contribution in [3.63, 3.8) is 0 Å². The SMILES string of the molecule is CC(OCCc1nc2c(F)c(CN3CC(C(F)(F)F)NC3=O)ccc2[nH]1)C(F)(F)F.COC. The Bertz CT molecular complexity index is 946. The molecular formula is C19H23F7N4O3. The first-order chi connectivity index (χ1) is 15.3. The van der Waals surface area contributed by atoms with E-state index in [-0.39, 0.29) is 35.4 Å². The number of nitrogens with one attached hydrogen (secondary N) is 2. The fraction of sp³-hybridized carbons (Fsp3) is 0.579. The number of aromatic amines is 1. The highest BCUT2D eigenvalue weighted by Gasteiger charge is 2.46. The predicted molar refractivity (Wildman–Crippen MR) is 103 cm³/mol. The summed E-state index contributed by atoms with van der Waals surface area (Å²) in [5.74, 6) is -0.644. The standard InChI is InChI=1S/C17H17F7N4O2.C2H6O/c1-8(16(19,20)21)30-5-4-12-25-10-3-2-9(13(18)14(10)27-12)6-28-7-11(17(22,23)24)26-15(28)29;1-3-2/h2-3,8,11H,4-7H2,1H3,(H,25,27)(H,26,29);1-2H3. The van der Waals surface area contributed by atoms with E-state index in [2.05, 4.69) is 19.4 Å². The third-order valence-electron chi connectivity index (χ3n) is 4.63. The molecule has 1 saturated heterocycles. The first kappa shape index (κ1) is 26.6. The lowest BCUT2D eigenvalue weighted by atomic mass is 10.1. The van der Waals surface area contributed by atoms with Crippen molar-refractivity contribution >= 4 is 17.1 Å². The number of nitrogens with zero attached hydrogens (tertiary/aromatic N) is 2. The molecule has 1 fully saturated rings. The zero-order chi connectivity index (χ0) is 25.0. The number of H-pyrrole nitrogens is 1. The molecule has 7 nitrogen and oxygen atoms in total. The van der Waals surface area contributed by atoms with Gasteiger partial charge in [-0.2, -0.15) is 26.3 Å². The molecule has 0 saturated carbocycles. The van der Waals surface area contributed by atoms with Gasteiger partial charge in [0.05, 0.1) is 25.2 Å². The number of fused-ring (bicyclic) bond motifs is 1. The third-order valence-corrected chi connectivity index (χ3v) is 4.63. The lowest BCUT2D eigenvalue weighted by molar-refractivity contribution is -0.213. The summed E-state index contributed by atoms with van der Waals surface area (Å²) < 4.78 is 99.2. The molecule has 2 aromatic rings. The van der Waals surface area contributed by atoms with Crippen LogP contribution < -0.4 is 5.32 Å². The minimum atomic E-state index is -4.62. The second-order valence-corrected chi connectivity index (χ2v) is 7.26. The van der Waals surface area contributed by atoms with E-state index in [1.54, 1.807) is 19.5 Å². The van der Waals surface area contributed by atoms with E-state index < -0.39 is 49.4 Å². The number of carbonyl (C=O) groups is 1. The van der Waals surface area contributed by atoms with Crippen molar-refractivity contribution < 1.29 is 45.0 Å². The molecule has 0 aliphatic carbocycles. The second-order valence-electron chi connectivity index (χ2n) is 7.26. The van der Waals surface area contributed by atoms with Gasteiger partial charge in [0.15, 0.2) is 11.9 Å². The summed E-state index contributed by atoms with van der Waals surface area (Å²) in [7, 11) is 3.25. The Morgan fingerprint density at radius 1 is 1.21 bits per heavy atom. The van der Waals surface area contributed by atoms with E-state index in [4.69, 9.17) is 0 Å². The first-order valence-electron chi connectivity index (χ1n) is 9.64. The fourth-order valence-electron chi connectivity index (χ4n) is 2.92. The molecule has 2 N–H and O–H groups in total. The Morgan fingerprint density at radius 3 is 2.39 bits per heavy atom. The van der Waals surface area contributed by atoms with Crippen molar-refractivity contribution in [3.8, 4) is 0 Å². The van der Waals surface area contributed by atoms with Crippen molar-refractivity contribution in [2.45, 2.75) is 44.4 Å². The Morgan fingerprint density at radius 2 is 1.85 bits per heavy atom. The van der Waals surface area contributed by atoms with Gasteiger partial charge < -0.3 is 24.7 Å². The largest absolute Gasteiger partial charge is 0.414 e. The molecule has 14 heteroatoms. The Labute approximate surface area is 184 Å². The number of hydrogen-bond acceptors (Lipinski definition) is 4. The number of imidazole rings is 1. The normalized spacial score (nSPS) is 17.7. The Hall–Kier alpha value is -2.61. The van der Waals surface area contributed by atoms with Crippen LogP contribution in [0.1, 0.15) is 18.3 Å². The van der Waals surface area contributed by atoms with Crippen LogP contribution >= 0.6 is 0 Å².